The van der Waals surface area contributed by atoms with Gasteiger partial charge in [0, 0.05) is 26.4 Å². The smallest absolute Gasteiger partial charge is 0.302 e. The number of hydrogen-bond donors (Lipinski definition) is 0. The predicted molar refractivity (Wildman–Crippen MR) is 50.8 cm³/mol. The molecule has 0 aliphatic rings. The SMILES string of the molecule is Br.[CH2-]CCCCCOC(C)=O.[Zn]. The molecule has 2 nitrogen and oxygen atoms in total. The fourth-order valence-corrected chi connectivity index (χ4v) is 0.672. The summed E-state index contributed by atoms with van der Waals surface area (Å²) >= 11 is 0. The van der Waals surface area contributed by atoms with E-state index in [4.69, 9.17) is 4.74 Å². The van der Waals surface area contributed by atoms with Crippen LogP contribution in [0.1, 0.15) is 32.6 Å². The van der Waals surface area contributed by atoms with Gasteiger partial charge in [-0.3, -0.25) is 4.79 Å². The Hall–Kier alpha value is 0.573. The largest absolute Gasteiger partial charge is 0.466 e. The van der Waals surface area contributed by atoms with Crippen molar-refractivity contribution in [2.24, 2.45) is 0 Å². The van der Waals surface area contributed by atoms with Crippen molar-refractivity contribution in [2.75, 3.05) is 6.61 Å². The van der Waals surface area contributed by atoms with E-state index < -0.39 is 0 Å². The molecule has 0 heterocycles. The number of esters is 1. The average molecular weight is 290 g/mol. The van der Waals surface area contributed by atoms with E-state index in [0.717, 1.165) is 25.7 Å². The third kappa shape index (κ3) is 16.9. The summed E-state index contributed by atoms with van der Waals surface area (Å²) in [5.74, 6) is -0.186. The predicted octanol–water partition coefficient (Wildman–Crippen LogP) is 2.52. The van der Waals surface area contributed by atoms with Crippen LogP contribution >= 0.6 is 17.0 Å². The Morgan fingerprint density at radius 3 is 2.33 bits per heavy atom. The Kier molecular flexibility index (Phi) is 21.6. The van der Waals surface area contributed by atoms with E-state index >= 15 is 0 Å². The van der Waals surface area contributed by atoms with Crippen molar-refractivity contribution in [3.63, 3.8) is 0 Å². The summed E-state index contributed by atoms with van der Waals surface area (Å²) < 4.78 is 4.73. The maximum absolute atomic E-state index is 10.2. The normalized spacial score (nSPS) is 7.83. The molecular weight excluding hydrogens is 273 g/mol. The minimum absolute atomic E-state index is 0. The van der Waals surface area contributed by atoms with Gasteiger partial charge in [-0.05, 0) is 6.42 Å². The Labute approximate surface area is 98.0 Å². The van der Waals surface area contributed by atoms with Crippen LogP contribution in [0.15, 0.2) is 0 Å². The zero-order valence-corrected chi connectivity index (χ0v) is 12.4. The van der Waals surface area contributed by atoms with Crippen molar-refractivity contribution >= 4 is 23.0 Å². The molecule has 0 aliphatic carbocycles. The molecule has 0 aromatic carbocycles. The molecular formula is C8H16BrO2Zn-. The minimum atomic E-state index is -0.186. The van der Waals surface area contributed by atoms with Crippen LogP contribution in [-0.4, -0.2) is 12.6 Å². The van der Waals surface area contributed by atoms with Crippen LogP contribution in [0.25, 0.3) is 0 Å². The van der Waals surface area contributed by atoms with Crippen LogP contribution in [0.2, 0.25) is 0 Å². The van der Waals surface area contributed by atoms with Crippen molar-refractivity contribution in [3.8, 4) is 0 Å². The number of hydrogen-bond acceptors (Lipinski definition) is 2. The van der Waals surface area contributed by atoms with E-state index in [9.17, 15) is 4.79 Å². The van der Waals surface area contributed by atoms with Crippen LogP contribution < -0.4 is 0 Å². The summed E-state index contributed by atoms with van der Waals surface area (Å²) in [6.07, 6.45) is 4.17. The second-order valence-corrected chi connectivity index (χ2v) is 2.25. The topological polar surface area (TPSA) is 26.3 Å². The van der Waals surface area contributed by atoms with Gasteiger partial charge in [0.25, 0.3) is 0 Å². The third-order valence-electron chi connectivity index (χ3n) is 1.20. The first-order valence-corrected chi connectivity index (χ1v) is 3.70. The van der Waals surface area contributed by atoms with Gasteiger partial charge in [-0.15, -0.1) is 17.0 Å². The zero-order valence-electron chi connectivity index (χ0n) is 7.67. The fourth-order valence-electron chi connectivity index (χ4n) is 0.672. The Morgan fingerprint density at radius 2 is 1.92 bits per heavy atom. The average Bonchev–Trinajstić information content (AvgIpc) is 1.87. The Bertz CT molecular complexity index is 99.1. The maximum atomic E-state index is 10.2. The number of unbranched alkanes of at least 4 members (excludes halogenated alkanes) is 3. The molecule has 0 saturated carbocycles. The van der Waals surface area contributed by atoms with Gasteiger partial charge >= 0.3 is 5.97 Å². The van der Waals surface area contributed by atoms with E-state index in [2.05, 4.69) is 6.92 Å². The first kappa shape index (κ1) is 18.4. The molecule has 0 aliphatic heterocycles. The van der Waals surface area contributed by atoms with E-state index in [-0.39, 0.29) is 42.4 Å². The molecule has 0 aromatic heterocycles. The zero-order chi connectivity index (χ0) is 7.82. The number of carbonyl (C=O) groups is 1. The van der Waals surface area contributed by atoms with Gasteiger partial charge in [0.05, 0.1) is 6.61 Å². The molecule has 0 spiro atoms. The summed E-state index contributed by atoms with van der Waals surface area (Å²) in [5.41, 5.74) is 0. The quantitative estimate of drug-likeness (QED) is 0.336. The molecule has 4 heteroatoms. The molecule has 0 atom stereocenters. The fraction of sp³-hybridized carbons (Fsp3) is 0.750. The van der Waals surface area contributed by atoms with Gasteiger partial charge in [0.1, 0.15) is 0 Å². The molecule has 0 bridgehead atoms. The monoisotopic (exact) mass is 287 g/mol. The van der Waals surface area contributed by atoms with Gasteiger partial charge in [-0.2, -0.15) is 6.42 Å². The number of ether oxygens (including phenoxy) is 1. The van der Waals surface area contributed by atoms with Crippen LogP contribution in [0.3, 0.4) is 0 Å². The van der Waals surface area contributed by atoms with E-state index in [1.807, 2.05) is 0 Å². The van der Waals surface area contributed by atoms with Crippen LogP contribution in [0.5, 0.6) is 0 Å². The third-order valence-corrected chi connectivity index (χ3v) is 1.20. The summed E-state index contributed by atoms with van der Waals surface area (Å²) in [6, 6.07) is 0. The molecule has 0 aromatic rings. The Balaban J connectivity index is -0.000000405. The van der Waals surface area contributed by atoms with Crippen LogP contribution in [-0.2, 0) is 29.0 Å². The van der Waals surface area contributed by atoms with E-state index in [1.54, 1.807) is 0 Å². The second-order valence-electron chi connectivity index (χ2n) is 2.25. The van der Waals surface area contributed by atoms with Crippen LogP contribution in [0.4, 0.5) is 0 Å². The molecule has 0 unspecified atom stereocenters. The molecule has 0 amide bonds. The van der Waals surface area contributed by atoms with Crippen molar-refractivity contribution in [3.05, 3.63) is 6.92 Å². The molecule has 0 fully saturated rings. The summed E-state index contributed by atoms with van der Waals surface area (Å²) in [7, 11) is 0. The second kappa shape index (κ2) is 14.1. The summed E-state index contributed by atoms with van der Waals surface area (Å²) in [6.45, 7) is 5.71. The number of halogens is 1. The molecule has 0 N–H and O–H groups in total. The number of rotatable bonds is 5. The van der Waals surface area contributed by atoms with Crippen molar-refractivity contribution in [1.82, 2.24) is 0 Å². The molecule has 12 heavy (non-hydrogen) atoms. The van der Waals surface area contributed by atoms with Crippen LogP contribution in [0, 0.1) is 6.92 Å². The summed E-state index contributed by atoms with van der Waals surface area (Å²) in [4.78, 5) is 10.2. The van der Waals surface area contributed by atoms with E-state index in [1.165, 1.54) is 6.92 Å². The molecule has 0 rings (SSSR count). The van der Waals surface area contributed by atoms with Gasteiger partial charge < -0.3 is 11.7 Å². The Morgan fingerprint density at radius 1 is 1.33 bits per heavy atom. The minimum Gasteiger partial charge on any atom is -0.466 e. The first-order valence-electron chi connectivity index (χ1n) is 3.70. The molecule has 0 radical (unpaired) electrons. The number of carbonyl (C=O) groups excluding carboxylic acids is 1. The van der Waals surface area contributed by atoms with Crippen molar-refractivity contribution < 1.29 is 29.0 Å². The van der Waals surface area contributed by atoms with E-state index in [0.29, 0.717) is 6.61 Å². The standard InChI is InChI=1S/C8H15O2.BrH.Zn/c1-3-4-5-6-7-10-8(2)9;;/h1,3-7H2,2H3;1H;/q-1;;. The van der Waals surface area contributed by atoms with Crippen molar-refractivity contribution in [2.45, 2.75) is 32.6 Å². The maximum Gasteiger partial charge on any atom is 0.302 e. The van der Waals surface area contributed by atoms with Gasteiger partial charge in [-0.1, -0.05) is 12.8 Å². The van der Waals surface area contributed by atoms with Gasteiger partial charge in [-0.25, -0.2) is 0 Å². The molecule has 0 saturated heterocycles. The summed E-state index contributed by atoms with van der Waals surface area (Å²) in [5, 5.41) is 0. The first-order chi connectivity index (χ1) is 4.77. The molecule has 70 valence electrons. The van der Waals surface area contributed by atoms with Gasteiger partial charge in [0.15, 0.2) is 0 Å². The van der Waals surface area contributed by atoms with Gasteiger partial charge in [0.2, 0.25) is 0 Å². The van der Waals surface area contributed by atoms with Crippen molar-refractivity contribution in [1.29, 1.82) is 0 Å².